The molecule has 2 heterocycles. The second-order valence-electron chi connectivity index (χ2n) is 7.89. The Bertz CT molecular complexity index is 803. The van der Waals surface area contributed by atoms with Gasteiger partial charge in [-0.25, -0.2) is 4.98 Å². The molecule has 4 rings (SSSR count). The number of aryl methyl sites for hydroxylation is 1. The number of nitrogens with two attached hydrogens (primary N) is 2. The Morgan fingerprint density at radius 3 is 2.52 bits per heavy atom. The Morgan fingerprint density at radius 2 is 1.88 bits per heavy atom. The van der Waals surface area contributed by atoms with E-state index in [9.17, 15) is 0 Å². The van der Waals surface area contributed by atoms with Crippen molar-refractivity contribution < 1.29 is 0 Å². The van der Waals surface area contributed by atoms with Crippen LogP contribution >= 0.6 is 11.6 Å². The molecular weight excluding hydrogens is 334 g/mol. The van der Waals surface area contributed by atoms with E-state index < -0.39 is 0 Å². The second-order valence-corrected chi connectivity index (χ2v) is 8.27. The normalized spacial score (nSPS) is 28.4. The van der Waals surface area contributed by atoms with Crippen LogP contribution in [0.4, 0.5) is 11.8 Å². The number of nitrogen functional groups attached to an aromatic ring is 1. The molecule has 6 heteroatoms. The number of halogens is 1. The molecule has 1 aliphatic carbocycles. The molecule has 2 fully saturated rings. The zero-order chi connectivity index (χ0) is 17.8. The number of hydrogen-bond donors (Lipinski definition) is 2. The third-order valence-corrected chi connectivity index (χ3v) is 6.11. The summed E-state index contributed by atoms with van der Waals surface area (Å²) in [4.78, 5) is 11.4. The molecule has 4 N–H and O–H groups in total. The van der Waals surface area contributed by atoms with Crippen molar-refractivity contribution >= 4 is 23.4 Å². The van der Waals surface area contributed by atoms with Crippen molar-refractivity contribution in [1.82, 2.24) is 9.97 Å². The standard InChI is InChI=1S/C19H24ClN5/c1-11-4-3-5-14(16(11)20)15-8-23-18(24-17(15)21)25-9-12-6-19(2,22)7-13(12)10-25/h3-5,8,12-13H,6-7,9-10,22H2,1-2H3,(H2,21,23,24)/t12-,13+,19?. The monoisotopic (exact) mass is 357 g/mol. The summed E-state index contributed by atoms with van der Waals surface area (Å²) in [7, 11) is 0. The average Bonchev–Trinajstić information content (AvgIpc) is 3.04. The number of aromatic nitrogens is 2. The van der Waals surface area contributed by atoms with Gasteiger partial charge in [-0.1, -0.05) is 29.8 Å². The van der Waals surface area contributed by atoms with Gasteiger partial charge in [-0.2, -0.15) is 4.98 Å². The van der Waals surface area contributed by atoms with E-state index in [1.54, 1.807) is 6.20 Å². The maximum absolute atomic E-state index is 6.42. The van der Waals surface area contributed by atoms with Gasteiger partial charge in [0.1, 0.15) is 5.82 Å². The van der Waals surface area contributed by atoms with Crippen LogP contribution in [0.2, 0.25) is 5.02 Å². The van der Waals surface area contributed by atoms with Crippen molar-refractivity contribution in [2.75, 3.05) is 23.7 Å². The summed E-state index contributed by atoms with van der Waals surface area (Å²) >= 11 is 6.42. The topological polar surface area (TPSA) is 81.1 Å². The first-order chi connectivity index (χ1) is 11.8. The molecule has 5 nitrogen and oxygen atoms in total. The lowest BCUT2D eigenvalue weighted by Crippen LogP contribution is -2.35. The summed E-state index contributed by atoms with van der Waals surface area (Å²) in [5.74, 6) is 2.44. The minimum atomic E-state index is -0.0207. The molecule has 132 valence electrons. The zero-order valence-corrected chi connectivity index (χ0v) is 15.4. The highest BCUT2D eigenvalue weighted by Crippen LogP contribution is 2.43. The molecule has 0 radical (unpaired) electrons. The third kappa shape index (κ3) is 2.96. The van der Waals surface area contributed by atoms with Gasteiger partial charge in [0.2, 0.25) is 5.95 Å². The Balaban J connectivity index is 1.58. The molecule has 1 aromatic heterocycles. The number of benzene rings is 1. The van der Waals surface area contributed by atoms with Crippen LogP contribution in [0, 0.1) is 18.8 Å². The zero-order valence-electron chi connectivity index (χ0n) is 14.7. The molecule has 1 unspecified atom stereocenters. The smallest absolute Gasteiger partial charge is 0.227 e. The van der Waals surface area contributed by atoms with E-state index in [0.29, 0.717) is 28.6 Å². The molecule has 2 aliphatic rings. The molecule has 0 amide bonds. The van der Waals surface area contributed by atoms with Crippen molar-refractivity contribution in [2.24, 2.45) is 17.6 Å². The maximum atomic E-state index is 6.42. The van der Waals surface area contributed by atoms with Crippen molar-refractivity contribution in [3.8, 4) is 11.1 Å². The summed E-state index contributed by atoms with van der Waals surface area (Å²) in [6.07, 6.45) is 3.93. The summed E-state index contributed by atoms with van der Waals surface area (Å²) in [5.41, 5.74) is 15.2. The van der Waals surface area contributed by atoms with Crippen LogP contribution in [0.5, 0.6) is 0 Å². The first-order valence-electron chi connectivity index (χ1n) is 8.76. The lowest BCUT2D eigenvalue weighted by atomic mass is 10.00. The van der Waals surface area contributed by atoms with Crippen LogP contribution in [0.25, 0.3) is 11.1 Å². The van der Waals surface area contributed by atoms with Crippen molar-refractivity contribution in [2.45, 2.75) is 32.2 Å². The lowest BCUT2D eigenvalue weighted by Gasteiger charge is -2.23. The Morgan fingerprint density at radius 1 is 1.20 bits per heavy atom. The molecule has 1 aromatic carbocycles. The van der Waals surface area contributed by atoms with Gasteiger partial charge in [-0.3, -0.25) is 0 Å². The van der Waals surface area contributed by atoms with Crippen molar-refractivity contribution in [3.05, 3.63) is 35.0 Å². The second kappa shape index (κ2) is 5.85. The maximum Gasteiger partial charge on any atom is 0.227 e. The molecule has 25 heavy (non-hydrogen) atoms. The Hall–Kier alpha value is -1.85. The first-order valence-corrected chi connectivity index (χ1v) is 9.14. The Kier molecular flexibility index (Phi) is 3.89. The summed E-state index contributed by atoms with van der Waals surface area (Å²) in [6, 6.07) is 5.90. The highest BCUT2D eigenvalue weighted by atomic mass is 35.5. The van der Waals surface area contributed by atoms with Crippen molar-refractivity contribution in [1.29, 1.82) is 0 Å². The van der Waals surface area contributed by atoms with E-state index in [-0.39, 0.29) is 5.54 Å². The van der Waals surface area contributed by atoms with E-state index in [2.05, 4.69) is 21.8 Å². The fourth-order valence-electron chi connectivity index (χ4n) is 4.45. The predicted octanol–water partition coefficient (Wildman–Crippen LogP) is 3.25. The largest absolute Gasteiger partial charge is 0.383 e. The van der Waals surface area contributed by atoms with E-state index >= 15 is 0 Å². The Labute approximate surface area is 153 Å². The average molecular weight is 358 g/mol. The SMILES string of the molecule is Cc1cccc(-c2cnc(N3C[C@@H]4CC(C)(N)C[C@@H]4C3)nc2N)c1Cl. The van der Waals surface area contributed by atoms with Gasteiger partial charge in [0.05, 0.1) is 5.02 Å². The lowest BCUT2D eigenvalue weighted by molar-refractivity contribution is 0.449. The summed E-state index contributed by atoms with van der Waals surface area (Å²) in [5, 5.41) is 0.698. The number of fused-ring (bicyclic) bond motifs is 1. The van der Waals surface area contributed by atoms with Crippen LogP contribution in [-0.2, 0) is 0 Å². The fraction of sp³-hybridized carbons (Fsp3) is 0.474. The van der Waals surface area contributed by atoms with E-state index in [0.717, 1.165) is 42.6 Å². The van der Waals surface area contributed by atoms with Gasteiger partial charge in [-0.15, -0.1) is 0 Å². The number of hydrogen-bond acceptors (Lipinski definition) is 5. The number of rotatable bonds is 2. The molecular formula is C19H24ClN5. The minimum Gasteiger partial charge on any atom is -0.383 e. The highest BCUT2D eigenvalue weighted by Gasteiger charge is 2.45. The van der Waals surface area contributed by atoms with Gasteiger partial charge < -0.3 is 16.4 Å². The van der Waals surface area contributed by atoms with Crippen LogP contribution in [0.1, 0.15) is 25.3 Å². The van der Waals surface area contributed by atoms with Crippen LogP contribution < -0.4 is 16.4 Å². The molecule has 1 aliphatic heterocycles. The minimum absolute atomic E-state index is 0.0207. The van der Waals surface area contributed by atoms with Gasteiger partial charge in [-0.05, 0) is 44.1 Å². The quantitative estimate of drug-likeness (QED) is 0.862. The van der Waals surface area contributed by atoms with Crippen LogP contribution in [0.3, 0.4) is 0 Å². The summed E-state index contributed by atoms with van der Waals surface area (Å²) < 4.78 is 0. The molecule has 3 atom stereocenters. The predicted molar refractivity (Wildman–Crippen MR) is 103 cm³/mol. The number of anilines is 2. The van der Waals surface area contributed by atoms with Gasteiger partial charge >= 0.3 is 0 Å². The van der Waals surface area contributed by atoms with Crippen molar-refractivity contribution in [3.63, 3.8) is 0 Å². The van der Waals surface area contributed by atoms with E-state index in [4.69, 9.17) is 23.1 Å². The van der Waals surface area contributed by atoms with Crippen LogP contribution in [0.15, 0.2) is 24.4 Å². The summed E-state index contributed by atoms with van der Waals surface area (Å²) in [6.45, 7) is 6.05. The molecule has 0 spiro atoms. The number of nitrogens with zero attached hydrogens (tertiary/aromatic N) is 3. The fourth-order valence-corrected chi connectivity index (χ4v) is 4.67. The van der Waals surface area contributed by atoms with Crippen LogP contribution in [-0.4, -0.2) is 28.6 Å². The molecule has 0 bridgehead atoms. The molecule has 2 aromatic rings. The van der Waals surface area contributed by atoms with E-state index in [1.807, 2.05) is 25.1 Å². The van der Waals surface area contributed by atoms with Gasteiger partial charge in [0, 0.05) is 36.0 Å². The molecule has 1 saturated heterocycles. The van der Waals surface area contributed by atoms with Gasteiger partial charge in [0.25, 0.3) is 0 Å². The highest BCUT2D eigenvalue weighted by molar-refractivity contribution is 6.34. The first kappa shape index (κ1) is 16.6. The third-order valence-electron chi connectivity index (χ3n) is 5.60. The molecule has 1 saturated carbocycles. The van der Waals surface area contributed by atoms with E-state index in [1.165, 1.54) is 0 Å². The van der Waals surface area contributed by atoms with Gasteiger partial charge in [0.15, 0.2) is 0 Å².